The zero-order chi connectivity index (χ0) is 14.3. The number of hydrogen-bond acceptors (Lipinski definition) is 4. The second-order valence-electron chi connectivity index (χ2n) is 5.34. The predicted octanol–water partition coefficient (Wildman–Crippen LogP) is 0.0266. The molecule has 0 aromatic heterocycles. The Labute approximate surface area is 114 Å². The molecule has 2 atom stereocenters. The number of carbonyl (C=O) groups excluding carboxylic acids is 1. The standard InChI is InChI=1S/C13H25N3O3/c1-10(14)11-4-3-7-16(8-11)9-12(17)15-6-2-5-13(18)19/h10-11H,2-9,14H2,1H3,(H,15,17)(H,18,19). The number of carboxylic acid groups (broad SMARTS) is 1. The maximum atomic E-state index is 11.7. The average Bonchev–Trinajstić information content (AvgIpc) is 2.34. The molecule has 6 nitrogen and oxygen atoms in total. The van der Waals surface area contributed by atoms with E-state index < -0.39 is 5.97 Å². The Balaban J connectivity index is 2.19. The van der Waals surface area contributed by atoms with Crippen LogP contribution in [-0.4, -0.2) is 54.1 Å². The highest BCUT2D eigenvalue weighted by Gasteiger charge is 2.23. The summed E-state index contributed by atoms with van der Waals surface area (Å²) >= 11 is 0. The lowest BCUT2D eigenvalue weighted by molar-refractivity contribution is -0.137. The molecule has 1 aliphatic heterocycles. The van der Waals surface area contributed by atoms with Gasteiger partial charge in [-0.1, -0.05) is 0 Å². The molecule has 4 N–H and O–H groups in total. The molecule has 19 heavy (non-hydrogen) atoms. The Bertz CT molecular complexity index is 308. The highest BCUT2D eigenvalue weighted by atomic mass is 16.4. The highest BCUT2D eigenvalue weighted by Crippen LogP contribution is 2.18. The number of amides is 1. The summed E-state index contributed by atoms with van der Waals surface area (Å²) in [6.07, 6.45) is 2.78. The zero-order valence-electron chi connectivity index (χ0n) is 11.6. The average molecular weight is 271 g/mol. The SMILES string of the molecule is CC(N)C1CCCN(CC(=O)NCCCC(=O)O)C1. The minimum absolute atomic E-state index is 0.0317. The van der Waals surface area contributed by atoms with Gasteiger partial charge in [-0.15, -0.1) is 0 Å². The highest BCUT2D eigenvalue weighted by molar-refractivity contribution is 5.78. The molecule has 0 saturated carbocycles. The first-order valence-electron chi connectivity index (χ1n) is 6.95. The van der Waals surface area contributed by atoms with Gasteiger partial charge in [-0.3, -0.25) is 14.5 Å². The van der Waals surface area contributed by atoms with E-state index in [-0.39, 0.29) is 18.4 Å². The van der Waals surface area contributed by atoms with Gasteiger partial charge in [0, 0.05) is 25.6 Å². The van der Waals surface area contributed by atoms with Crippen molar-refractivity contribution in [2.45, 2.75) is 38.6 Å². The third kappa shape index (κ3) is 6.54. The number of likely N-dealkylation sites (tertiary alicyclic amines) is 1. The van der Waals surface area contributed by atoms with Crippen LogP contribution in [0.3, 0.4) is 0 Å². The summed E-state index contributed by atoms with van der Waals surface area (Å²) in [5.41, 5.74) is 5.90. The van der Waals surface area contributed by atoms with Crippen LogP contribution in [0.2, 0.25) is 0 Å². The molecule has 0 radical (unpaired) electrons. The van der Waals surface area contributed by atoms with Crippen LogP contribution in [0.4, 0.5) is 0 Å². The summed E-state index contributed by atoms with van der Waals surface area (Å²) in [4.78, 5) is 24.2. The summed E-state index contributed by atoms with van der Waals surface area (Å²) in [5, 5.41) is 11.2. The van der Waals surface area contributed by atoms with E-state index in [1.807, 2.05) is 6.92 Å². The largest absolute Gasteiger partial charge is 0.481 e. The van der Waals surface area contributed by atoms with Crippen molar-refractivity contribution >= 4 is 11.9 Å². The number of nitrogens with zero attached hydrogens (tertiary/aromatic N) is 1. The van der Waals surface area contributed by atoms with Crippen LogP contribution < -0.4 is 11.1 Å². The molecular formula is C13H25N3O3. The molecule has 1 saturated heterocycles. The fourth-order valence-corrected chi connectivity index (χ4v) is 2.39. The lowest BCUT2D eigenvalue weighted by Gasteiger charge is -2.34. The number of carbonyl (C=O) groups is 2. The minimum atomic E-state index is -0.829. The van der Waals surface area contributed by atoms with Gasteiger partial charge in [-0.25, -0.2) is 0 Å². The van der Waals surface area contributed by atoms with E-state index in [9.17, 15) is 9.59 Å². The predicted molar refractivity (Wildman–Crippen MR) is 72.7 cm³/mol. The molecule has 0 aromatic carbocycles. The minimum Gasteiger partial charge on any atom is -0.481 e. The van der Waals surface area contributed by atoms with E-state index in [4.69, 9.17) is 10.8 Å². The van der Waals surface area contributed by atoms with Crippen LogP contribution in [0, 0.1) is 5.92 Å². The van der Waals surface area contributed by atoms with Crippen molar-refractivity contribution in [2.24, 2.45) is 11.7 Å². The van der Waals surface area contributed by atoms with Crippen molar-refractivity contribution in [3.63, 3.8) is 0 Å². The van der Waals surface area contributed by atoms with E-state index in [1.54, 1.807) is 0 Å². The van der Waals surface area contributed by atoms with Gasteiger partial charge in [0.15, 0.2) is 0 Å². The van der Waals surface area contributed by atoms with Crippen LogP contribution in [0.5, 0.6) is 0 Å². The van der Waals surface area contributed by atoms with E-state index >= 15 is 0 Å². The van der Waals surface area contributed by atoms with Crippen LogP contribution in [0.25, 0.3) is 0 Å². The molecule has 0 bridgehead atoms. The number of carboxylic acids is 1. The van der Waals surface area contributed by atoms with Crippen molar-refractivity contribution in [2.75, 3.05) is 26.2 Å². The molecular weight excluding hydrogens is 246 g/mol. The Morgan fingerprint density at radius 1 is 1.53 bits per heavy atom. The van der Waals surface area contributed by atoms with Crippen molar-refractivity contribution in [3.8, 4) is 0 Å². The van der Waals surface area contributed by atoms with Crippen molar-refractivity contribution in [1.29, 1.82) is 0 Å². The molecule has 0 aromatic rings. The molecule has 1 rings (SSSR count). The Morgan fingerprint density at radius 3 is 2.89 bits per heavy atom. The van der Waals surface area contributed by atoms with Gasteiger partial charge in [0.25, 0.3) is 0 Å². The van der Waals surface area contributed by atoms with Crippen LogP contribution in [0.1, 0.15) is 32.6 Å². The van der Waals surface area contributed by atoms with Crippen LogP contribution >= 0.6 is 0 Å². The number of nitrogens with two attached hydrogens (primary N) is 1. The van der Waals surface area contributed by atoms with Gasteiger partial charge in [0.1, 0.15) is 0 Å². The van der Waals surface area contributed by atoms with E-state index in [2.05, 4.69) is 10.2 Å². The maximum absolute atomic E-state index is 11.7. The fourth-order valence-electron chi connectivity index (χ4n) is 2.39. The first kappa shape index (κ1) is 15.9. The summed E-state index contributed by atoms with van der Waals surface area (Å²) in [6, 6.07) is 0.168. The summed E-state index contributed by atoms with van der Waals surface area (Å²) in [6.45, 7) is 4.64. The Morgan fingerprint density at radius 2 is 2.26 bits per heavy atom. The topological polar surface area (TPSA) is 95.7 Å². The number of aliphatic carboxylic acids is 1. The number of rotatable bonds is 7. The Kier molecular flexibility index (Phi) is 6.80. The van der Waals surface area contributed by atoms with Gasteiger partial charge in [-0.05, 0) is 38.6 Å². The van der Waals surface area contributed by atoms with Crippen molar-refractivity contribution in [1.82, 2.24) is 10.2 Å². The van der Waals surface area contributed by atoms with Crippen LogP contribution in [-0.2, 0) is 9.59 Å². The second-order valence-corrected chi connectivity index (χ2v) is 5.34. The van der Waals surface area contributed by atoms with Gasteiger partial charge in [0.05, 0.1) is 6.54 Å². The second kappa shape index (κ2) is 8.12. The zero-order valence-corrected chi connectivity index (χ0v) is 11.6. The van der Waals surface area contributed by atoms with E-state index in [0.29, 0.717) is 25.4 Å². The van der Waals surface area contributed by atoms with E-state index in [1.165, 1.54) is 0 Å². The molecule has 1 amide bonds. The van der Waals surface area contributed by atoms with Gasteiger partial charge in [0.2, 0.25) is 5.91 Å². The number of nitrogens with one attached hydrogen (secondary N) is 1. The molecule has 2 unspecified atom stereocenters. The summed E-state index contributed by atoms with van der Waals surface area (Å²) < 4.78 is 0. The van der Waals surface area contributed by atoms with Crippen LogP contribution in [0.15, 0.2) is 0 Å². The lowest BCUT2D eigenvalue weighted by Crippen LogP contribution is -2.46. The molecule has 0 aliphatic carbocycles. The molecule has 1 aliphatic rings. The van der Waals surface area contributed by atoms with Gasteiger partial charge >= 0.3 is 5.97 Å². The first-order valence-corrected chi connectivity index (χ1v) is 6.95. The van der Waals surface area contributed by atoms with Gasteiger partial charge < -0.3 is 16.2 Å². The molecule has 6 heteroatoms. The number of hydrogen-bond donors (Lipinski definition) is 3. The molecule has 110 valence electrons. The Hall–Kier alpha value is -1.14. The third-order valence-corrected chi connectivity index (χ3v) is 3.54. The number of piperidine rings is 1. The van der Waals surface area contributed by atoms with Crippen molar-refractivity contribution in [3.05, 3.63) is 0 Å². The normalized spacial score (nSPS) is 21.9. The quantitative estimate of drug-likeness (QED) is 0.568. The first-order chi connectivity index (χ1) is 8.99. The maximum Gasteiger partial charge on any atom is 0.303 e. The van der Waals surface area contributed by atoms with Crippen molar-refractivity contribution < 1.29 is 14.7 Å². The monoisotopic (exact) mass is 271 g/mol. The summed E-state index contributed by atoms with van der Waals surface area (Å²) in [5.74, 6) is -0.394. The lowest BCUT2D eigenvalue weighted by atomic mass is 9.92. The molecule has 0 spiro atoms. The summed E-state index contributed by atoms with van der Waals surface area (Å²) in [7, 11) is 0. The van der Waals surface area contributed by atoms with E-state index in [0.717, 1.165) is 25.9 Å². The fraction of sp³-hybridized carbons (Fsp3) is 0.846. The van der Waals surface area contributed by atoms with Gasteiger partial charge in [-0.2, -0.15) is 0 Å². The molecule has 1 heterocycles. The molecule has 1 fully saturated rings. The smallest absolute Gasteiger partial charge is 0.303 e. The third-order valence-electron chi connectivity index (χ3n) is 3.54.